The van der Waals surface area contributed by atoms with Crippen molar-refractivity contribution in [1.82, 2.24) is 9.80 Å². The number of para-hydroxylation sites is 1. The van der Waals surface area contributed by atoms with Crippen molar-refractivity contribution in [2.24, 2.45) is 11.8 Å². The second kappa shape index (κ2) is 13.0. The summed E-state index contributed by atoms with van der Waals surface area (Å²) < 4.78 is -0.734. The lowest BCUT2D eigenvalue weighted by atomic mass is 9.70. The number of fused-ring (bicyclic) bond motifs is 1. The van der Waals surface area contributed by atoms with E-state index in [0.717, 1.165) is 18.4 Å². The van der Waals surface area contributed by atoms with Crippen molar-refractivity contribution in [2.75, 3.05) is 38.2 Å². The fourth-order valence-corrected chi connectivity index (χ4v) is 10.7. The summed E-state index contributed by atoms with van der Waals surface area (Å²) in [4.78, 5) is 47.8. The quantitative estimate of drug-likeness (QED) is 0.188. The van der Waals surface area contributed by atoms with Crippen LogP contribution in [0.2, 0.25) is 5.02 Å². The second-order valence-electron chi connectivity index (χ2n) is 11.0. The van der Waals surface area contributed by atoms with Gasteiger partial charge < -0.3 is 19.8 Å². The van der Waals surface area contributed by atoms with Crippen LogP contribution in [0.5, 0.6) is 0 Å². The van der Waals surface area contributed by atoms with Gasteiger partial charge in [-0.3, -0.25) is 14.4 Å². The van der Waals surface area contributed by atoms with E-state index in [4.69, 9.17) is 11.6 Å². The number of aryl methyl sites for hydroxylation is 1. The van der Waals surface area contributed by atoms with Crippen molar-refractivity contribution < 1.29 is 19.5 Å². The average molecular weight is 653 g/mol. The van der Waals surface area contributed by atoms with E-state index in [-0.39, 0.29) is 41.0 Å². The fraction of sp³-hybridized carbons (Fsp3) is 0.567. The number of benzene rings is 1. The molecule has 1 aromatic carbocycles. The highest BCUT2D eigenvalue weighted by Crippen LogP contribution is 2.68. The Morgan fingerprint density at radius 3 is 2.55 bits per heavy atom. The Balaban J connectivity index is 1.77. The molecule has 2 bridgehead atoms. The summed E-state index contributed by atoms with van der Waals surface area (Å²) in [6.07, 6.45) is 7.08. The van der Waals surface area contributed by atoms with Crippen molar-refractivity contribution in [2.45, 2.75) is 59.9 Å². The van der Waals surface area contributed by atoms with Crippen LogP contribution in [0.3, 0.4) is 0 Å². The highest BCUT2D eigenvalue weighted by Gasteiger charge is 2.76. The number of hydrogen-bond acceptors (Lipinski definition) is 5. The zero-order valence-corrected chi connectivity index (χ0v) is 26.4. The summed E-state index contributed by atoms with van der Waals surface area (Å²) in [6.45, 7) is 10.8. The highest BCUT2D eigenvalue weighted by atomic mass is 79.9. The van der Waals surface area contributed by atoms with Crippen LogP contribution in [-0.2, 0) is 14.4 Å². The molecule has 4 rings (SSSR count). The number of unbranched alkanes of at least 4 members (excludes halogenated alkanes) is 3. The van der Waals surface area contributed by atoms with Gasteiger partial charge in [0.05, 0.1) is 27.3 Å². The van der Waals surface area contributed by atoms with Gasteiger partial charge in [-0.05, 0) is 37.8 Å². The monoisotopic (exact) mass is 651 g/mol. The van der Waals surface area contributed by atoms with Crippen molar-refractivity contribution in [3.8, 4) is 0 Å². The summed E-state index contributed by atoms with van der Waals surface area (Å²) in [5, 5.41) is 9.54. The van der Waals surface area contributed by atoms with E-state index >= 15 is 0 Å². The van der Waals surface area contributed by atoms with E-state index in [2.05, 4.69) is 29.1 Å². The predicted octanol–water partition coefficient (Wildman–Crippen LogP) is 4.83. The number of thioether (sulfide) groups is 1. The van der Waals surface area contributed by atoms with Crippen molar-refractivity contribution >= 4 is 62.7 Å². The Bertz CT molecular complexity index is 1150. The molecule has 40 heavy (non-hydrogen) atoms. The molecule has 7 nitrogen and oxygen atoms in total. The molecule has 3 aliphatic rings. The molecule has 0 aromatic heterocycles. The molecule has 0 saturated carbocycles. The van der Waals surface area contributed by atoms with Crippen molar-refractivity contribution in [3.63, 3.8) is 0 Å². The predicted molar refractivity (Wildman–Crippen MR) is 166 cm³/mol. The number of anilines is 1. The maximum Gasteiger partial charge on any atom is 0.251 e. The Morgan fingerprint density at radius 1 is 1.20 bits per heavy atom. The summed E-state index contributed by atoms with van der Waals surface area (Å²) in [5.41, 5.74) is 1.48. The number of carbonyl (C=O) groups is 3. The zero-order chi connectivity index (χ0) is 29.2. The van der Waals surface area contributed by atoms with Gasteiger partial charge in [0, 0.05) is 43.4 Å². The summed E-state index contributed by atoms with van der Waals surface area (Å²) >= 11 is 12.1. The molecular weight excluding hydrogens is 614 g/mol. The second-order valence-corrected chi connectivity index (χ2v) is 14.1. The van der Waals surface area contributed by atoms with Gasteiger partial charge in [-0.25, -0.2) is 0 Å². The van der Waals surface area contributed by atoms with Gasteiger partial charge in [0.2, 0.25) is 11.8 Å². The van der Waals surface area contributed by atoms with Crippen LogP contribution < -0.4 is 4.90 Å². The van der Waals surface area contributed by atoms with E-state index in [9.17, 15) is 19.5 Å². The molecule has 3 unspecified atom stereocenters. The van der Waals surface area contributed by atoms with Gasteiger partial charge in [-0.15, -0.1) is 24.9 Å². The molecule has 6 atom stereocenters. The molecule has 218 valence electrons. The Morgan fingerprint density at radius 2 is 1.90 bits per heavy atom. The smallest absolute Gasteiger partial charge is 0.251 e. The van der Waals surface area contributed by atoms with Crippen LogP contribution in [-0.4, -0.2) is 86.8 Å². The molecule has 3 saturated heterocycles. The topological polar surface area (TPSA) is 81.2 Å². The van der Waals surface area contributed by atoms with Crippen LogP contribution in [0.4, 0.5) is 5.69 Å². The van der Waals surface area contributed by atoms with E-state index in [1.807, 2.05) is 19.1 Å². The van der Waals surface area contributed by atoms with Gasteiger partial charge in [0.15, 0.2) is 0 Å². The van der Waals surface area contributed by atoms with Crippen molar-refractivity contribution in [1.29, 1.82) is 0 Å². The van der Waals surface area contributed by atoms with Gasteiger partial charge in [-0.2, -0.15) is 0 Å². The van der Waals surface area contributed by atoms with Crippen LogP contribution in [0.25, 0.3) is 0 Å². The summed E-state index contributed by atoms with van der Waals surface area (Å²) in [5.74, 6) is -1.49. The maximum absolute atomic E-state index is 14.7. The molecule has 3 fully saturated rings. The zero-order valence-electron chi connectivity index (χ0n) is 23.2. The van der Waals surface area contributed by atoms with Crippen LogP contribution >= 0.6 is 39.3 Å². The minimum atomic E-state index is -0.740. The lowest BCUT2D eigenvalue weighted by molar-refractivity contribution is -0.143. The highest BCUT2D eigenvalue weighted by molar-refractivity contribution is 9.09. The molecule has 3 amide bonds. The number of nitrogens with zero attached hydrogens (tertiary/aromatic N) is 3. The first kappa shape index (κ1) is 31.1. The molecule has 3 heterocycles. The number of carbonyl (C=O) groups excluding carboxylic acids is 3. The first-order valence-corrected chi connectivity index (χ1v) is 16.1. The van der Waals surface area contributed by atoms with Crippen molar-refractivity contribution in [3.05, 3.63) is 54.1 Å². The van der Waals surface area contributed by atoms with E-state index in [0.29, 0.717) is 43.1 Å². The standard InChI is InChI=1S/C30H39BrClN3O4S/c1-5-14-33(4)27(37)22-23-28(38)35(16-9-7-8-10-17-36)26(30(23)18-20(31)25(22)40-30)29(39)34(15-6-2)24-19(3)12-11-13-21(24)32/h5-6,11-13,20,22-23,25-26,36H,1-2,7-10,14-18H2,3-4H3/t20?,22-,23+,25-,26?,30?/m1/s1. The molecule has 1 spiro atoms. The summed E-state index contributed by atoms with van der Waals surface area (Å²) in [7, 11) is 1.74. The first-order valence-electron chi connectivity index (χ1n) is 13.9. The van der Waals surface area contributed by atoms with E-state index in [1.165, 1.54) is 0 Å². The molecule has 0 aliphatic carbocycles. The van der Waals surface area contributed by atoms with Gasteiger partial charge in [0.1, 0.15) is 6.04 Å². The normalized spacial score (nSPS) is 28.5. The van der Waals surface area contributed by atoms with E-state index in [1.54, 1.807) is 51.7 Å². The number of likely N-dealkylation sites (tertiary alicyclic amines) is 1. The number of halogens is 2. The van der Waals surface area contributed by atoms with Crippen LogP contribution in [0, 0.1) is 18.8 Å². The minimum Gasteiger partial charge on any atom is -0.396 e. The lowest BCUT2D eigenvalue weighted by Crippen LogP contribution is -2.56. The number of aliphatic hydroxyl groups is 1. The lowest BCUT2D eigenvalue weighted by Gasteiger charge is -2.38. The number of hydrogen-bond donors (Lipinski definition) is 1. The number of rotatable bonds is 13. The fourth-order valence-electron chi connectivity index (χ4n) is 6.75. The third-order valence-corrected chi connectivity index (χ3v) is 12.0. The molecule has 0 radical (unpaired) electrons. The molecule has 1 N–H and O–H groups in total. The Hall–Kier alpha value is -1.81. The SMILES string of the molecule is C=CCN(C)C(=O)[C@H]1[C@@H]2SC3(CC2Br)C(C(=O)N(CC=C)c2c(C)cccc2Cl)N(CCCCCCO)C(=O)[C@H]13. The number of alkyl halides is 1. The third-order valence-electron chi connectivity index (χ3n) is 8.43. The molecule has 1 aromatic rings. The number of amides is 3. The molecule has 3 aliphatic heterocycles. The third kappa shape index (κ3) is 5.39. The van der Waals surface area contributed by atoms with E-state index < -0.39 is 22.6 Å². The average Bonchev–Trinajstić information content (AvgIpc) is 3.50. The number of aliphatic hydroxyl groups excluding tert-OH is 1. The molecule has 10 heteroatoms. The maximum atomic E-state index is 14.7. The molecular formula is C30H39BrClN3O4S. The minimum absolute atomic E-state index is 0.00217. The van der Waals surface area contributed by atoms with Crippen LogP contribution in [0.1, 0.15) is 37.7 Å². The largest absolute Gasteiger partial charge is 0.396 e. The van der Waals surface area contributed by atoms with Crippen LogP contribution in [0.15, 0.2) is 43.5 Å². The van der Waals surface area contributed by atoms with Gasteiger partial charge in [-0.1, -0.05) is 64.7 Å². The van der Waals surface area contributed by atoms with Gasteiger partial charge in [0.25, 0.3) is 5.91 Å². The Kier molecular flexibility index (Phi) is 10.1. The summed E-state index contributed by atoms with van der Waals surface area (Å²) in [6, 6.07) is 4.79. The number of likely N-dealkylation sites (N-methyl/N-ethyl adjacent to an activating group) is 1. The first-order chi connectivity index (χ1) is 19.1. The Labute approximate surface area is 255 Å². The van der Waals surface area contributed by atoms with Gasteiger partial charge >= 0.3 is 0 Å².